The second-order valence-corrected chi connectivity index (χ2v) is 7.92. The van der Waals surface area contributed by atoms with Crippen molar-refractivity contribution in [1.29, 1.82) is 0 Å². The molecule has 7 heteroatoms. The Balaban J connectivity index is 1.51. The molecular formula is C26H25FN4O2. The number of pyridine rings is 1. The Morgan fingerprint density at radius 3 is 2.58 bits per heavy atom. The second kappa shape index (κ2) is 10.2. The smallest absolute Gasteiger partial charge is 0.244 e. The maximum atomic E-state index is 13.3. The van der Waals surface area contributed by atoms with Crippen LogP contribution in [0.5, 0.6) is 0 Å². The zero-order chi connectivity index (χ0) is 23.2. The molecule has 168 valence electrons. The third-order valence-corrected chi connectivity index (χ3v) is 5.43. The minimum absolute atomic E-state index is 0.0264. The molecule has 33 heavy (non-hydrogen) atoms. The summed E-state index contributed by atoms with van der Waals surface area (Å²) in [4.78, 5) is 36.2. The van der Waals surface area contributed by atoms with Gasteiger partial charge in [-0.25, -0.2) is 14.4 Å². The molecule has 0 spiro atoms. The maximum absolute atomic E-state index is 13.3. The SMILES string of the molecule is CCCCc1ccc(NC(=O)CN2C(=O)CC(c3ccc(F)cc3)=Nc3cccnc32)cc1. The van der Waals surface area contributed by atoms with Crippen molar-refractivity contribution in [3.05, 3.63) is 83.8 Å². The number of anilines is 2. The number of carbonyl (C=O) groups is 2. The molecule has 0 fully saturated rings. The fourth-order valence-electron chi connectivity index (χ4n) is 3.68. The van der Waals surface area contributed by atoms with Crippen molar-refractivity contribution in [2.75, 3.05) is 16.8 Å². The first-order valence-corrected chi connectivity index (χ1v) is 11.0. The van der Waals surface area contributed by atoms with Crippen molar-refractivity contribution < 1.29 is 14.0 Å². The number of hydrogen-bond donors (Lipinski definition) is 1. The van der Waals surface area contributed by atoms with Crippen molar-refractivity contribution in [2.45, 2.75) is 32.6 Å². The molecule has 0 atom stereocenters. The molecule has 6 nitrogen and oxygen atoms in total. The highest BCUT2D eigenvalue weighted by atomic mass is 19.1. The van der Waals surface area contributed by atoms with Gasteiger partial charge in [0.2, 0.25) is 11.8 Å². The summed E-state index contributed by atoms with van der Waals surface area (Å²) < 4.78 is 13.3. The lowest BCUT2D eigenvalue weighted by Crippen LogP contribution is -2.39. The average Bonchev–Trinajstić information content (AvgIpc) is 2.95. The summed E-state index contributed by atoms with van der Waals surface area (Å²) in [6.45, 7) is 1.96. The summed E-state index contributed by atoms with van der Waals surface area (Å²) in [6.07, 6.45) is 4.79. The van der Waals surface area contributed by atoms with Crippen LogP contribution in [-0.2, 0) is 16.0 Å². The van der Waals surface area contributed by atoms with E-state index in [-0.39, 0.29) is 30.6 Å². The number of aryl methyl sites for hydroxylation is 1. The molecule has 0 unspecified atom stereocenters. The monoisotopic (exact) mass is 444 g/mol. The largest absolute Gasteiger partial charge is 0.325 e. The van der Waals surface area contributed by atoms with Crippen LogP contribution in [-0.4, -0.2) is 29.1 Å². The van der Waals surface area contributed by atoms with E-state index in [4.69, 9.17) is 0 Å². The van der Waals surface area contributed by atoms with E-state index in [0.717, 1.165) is 19.3 Å². The Morgan fingerprint density at radius 2 is 1.85 bits per heavy atom. The fraction of sp³-hybridized carbons (Fsp3) is 0.231. The summed E-state index contributed by atoms with van der Waals surface area (Å²) in [5.74, 6) is -0.671. The van der Waals surface area contributed by atoms with E-state index in [1.807, 2.05) is 24.3 Å². The Morgan fingerprint density at radius 1 is 1.09 bits per heavy atom. The number of amides is 2. The average molecular weight is 445 g/mol. The highest BCUT2D eigenvalue weighted by Crippen LogP contribution is 2.30. The normalized spacial score (nSPS) is 13.2. The van der Waals surface area contributed by atoms with Gasteiger partial charge in [0.05, 0.1) is 12.1 Å². The lowest BCUT2D eigenvalue weighted by Gasteiger charge is -2.20. The molecule has 4 rings (SSSR count). The van der Waals surface area contributed by atoms with Gasteiger partial charge in [0, 0.05) is 11.9 Å². The zero-order valence-corrected chi connectivity index (χ0v) is 18.4. The lowest BCUT2D eigenvalue weighted by molar-refractivity contribution is -0.120. The van der Waals surface area contributed by atoms with Gasteiger partial charge < -0.3 is 5.32 Å². The number of aliphatic imine (C=N–C) groups is 1. The number of nitrogens with zero attached hydrogens (tertiary/aromatic N) is 3. The third-order valence-electron chi connectivity index (χ3n) is 5.43. The maximum Gasteiger partial charge on any atom is 0.244 e. The van der Waals surface area contributed by atoms with E-state index < -0.39 is 0 Å². The van der Waals surface area contributed by atoms with Crippen molar-refractivity contribution in [3.8, 4) is 0 Å². The van der Waals surface area contributed by atoms with Crippen molar-refractivity contribution >= 4 is 34.7 Å². The van der Waals surface area contributed by atoms with Crippen LogP contribution in [0.4, 0.5) is 21.6 Å². The molecule has 0 bridgehead atoms. The fourth-order valence-corrected chi connectivity index (χ4v) is 3.68. The van der Waals surface area contributed by atoms with E-state index >= 15 is 0 Å². The number of carbonyl (C=O) groups excluding carboxylic acids is 2. The van der Waals surface area contributed by atoms with Crippen LogP contribution in [0.3, 0.4) is 0 Å². The second-order valence-electron chi connectivity index (χ2n) is 7.92. The summed E-state index contributed by atoms with van der Waals surface area (Å²) in [7, 11) is 0. The molecule has 0 radical (unpaired) electrons. The summed E-state index contributed by atoms with van der Waals surface area (Å²) in [5, 5.41) is 2.85. The van der Waals surface area contributed by atoms with Gasteiger partial charge >= 0.3 is 0 Å². The number of rotatable bonds is 7. The van der Waals surface area contributed by atoms with Crippen molar-refractivity contribution in [1.82, 2.24) is 4.98 Å². The first-order chi connectivity index (χ1) is 16.0. The first-order valence-electron chi connectivity index (χ1n) is 11.0. The van der Waals surface area contributed by atoms with Gasteiger partial charge in [-0.15, -0.1) is 0 Å². The number of halogens is 1. The number of fused-ring (bicyclic) bond motifs is 1. The van der Waals surface area contributed by atoms with Crippen LogP contribution in [0, 0.1) is 5.82 Å². The molecule has 3 aromatic rings. The number of aromatic nitrogens is 1. The first kappa shape index (κ1) is 22.3. The molecule has 0 aliphatic carbocycles. The van der Waals surface area contributed by atoms with Crippen LogP contribution >= 0.6 is 0 Å². The van der Waals surface area contributed by atoms with Crippen LogP contribution in [0.1, 0.15) is 37.3 Å². The van der Waals surface area contributed by atoms with E-state index in [1.165, 1.54) is 22.6 Å². The quantitative estimate of drug-likeness (QED) is 0.554. The van der Waals surface area contributed by atoms with Crippen LogP contribution < -0.4 is 10.2 Å². The minimum Gasteiger partial charge on any atom is -0.325 e. The Kier molecular flexibility index (Phi) is 6.88. The summed E-state index contributed by atoms with van der Waals surface area (Å²) in [5.41, 5.74) is 3.53. The van der Waals surface area contributed by atoms with Crippen molar-refractivity contribution in [3.63, 3.8) is 0 Å². The number of benzene rings is 2. The van der Waals surface area contributed by atoms with Gasteiger partial charge in [-0.3, -0.25) is 14.5 Å². The van der Waals surface area contributed by atoms with Crippen LogP contribution in [0.15, 0.2) is 71.9 Å². The minimum atomic E-state index is -0.363. The van der Waals surface area contributed by atoms with Crippen molar-refractivity contribution in [2.24, 2.45) is 4.99 Å². The third kappa shape index (κ3) is 5.49. The number of hydrogen-bond acceptors (Lipinski definition) is 4. The van der Waals surface area contributed by atoms with Crippen LogP contribution in [0.2, 0.25) is 0 Å². The Bertz CT molecular complexity index is 1170. The zero-order valence-electron chi connectivity index (χ0n) is 18.4. The van der Waals surface area contributed by atoms with Gasteiger partial charge in [0.1, 0.15) is 18.0 Å². The van der Waals surface area contributed by atoms with E-state index in [0.29, 0.717) is 28.5 Å². The molecular weight excluding hydrogens is 419 g/mol. The molecule has 1 aliphatic heterocycles. The molecule has 1 aromatic heterocycles. The Labute approximate surface area is 192 Å². The van der Waals surface area contributed by atoms with Gasteiger partial charge in [0.15, 0.2) is 5.82 Å². The molecule has 1 N–H and O–H groups in total. The van der Waals surface area contributed by atoms with E-state index in [2.05, 4.69) is 22.2 Å². The number of unbranched alkanes of at least 4 members (excludes halogenated alkanes) is 1. The summed E-state index contributed by atoms with van der Waals surface area (Å²) >= 11 is 0. The molecule has 2 heterocycles. The molecule has 2 aromatic carbocycles. The molecule has 0 saturated heterocycles. The van der Waals surface area contributed by atoms with E-state index in [9.17, 15) is 14.0 Å². The van der Waals surface area contributed by atoms with Gasteiger partial charge in [0.25, 0.3) is 0 Å². The van der Waals surface area contributed by atoms with Crippen LogP contribution in [0.25, 0.3) is 0 Å². The highest BCUT2D eigenvalue weighted by molar-refractivity contribution is 6.18. The predicted octanol–water partition coefficient (Wildman–Crippen LogP) is 5.06. The number of nitrogens with one attached hydrogen (secondary N) is 1. The Hall–Kier alpha value is -3.87. The molecule has 1 aliphatic rings. The van der Waals surface area contributed by atoms with Gasteiger partial charge in [-0.1, -0.05) is 37.6 Å². The predicted molar refractivity (Wildman–Crippen MR) is 127 cm³/mol. The van der Waals surface area contributed by atoms with Gasteiger partial charge in [-0.05, 0) is 60.4 Å². The topological polar surface area (TPSA) is 74.7 Å². The standard InChI is InChI=1S/C26H25FN4O2/c1-2-3-5-18-7-13-21(14-8-18)29-24(32)17-31-25(33)16-23(19-9-11-20(27)12-10-19)30-22-6-4-15-28-26(22)31/h4,6-15H,2-3,5,16-17H2,1H3,(H,29,32). The lowest BCUT2D eigenvalue weighted by atomic mass is 10.1. The van der Waals surface area contributed by atoms with Gasteiger partial charge in [-0.2, -0.15) is 0 Å². The molecule has 2 amide bonds. The summed E-state index contributed by atoms with van der Waals surface area (Å²) in [6, 6.07) is 17.0. The van der Waals surface area contributed by atoms with E-state index in [1.54, 1.807) is 30.5 Å². The molecule has 0 saturated carbocycles. The highest BCUT2D eigenvalue weighted by Gasteiger charge is 2.27.